The molecule has 0 aliphatic heterocycles. The zero-order valence-electron chi connectivity index (χ0n) is 18.6. The van der Waals surface area contributed by atoms with Crippen LogP contribution in [0.4, 0.5) is 5.69 Å². The third-order valence-corrected chi connectivity index (χ3v) is 5.17. The van der Waals surface area contributed by atoms with Crippen molar-refractivity contribution in [2.75, 3.05) is 11.9 Å². The van der Waals surface area contributed by atoms with Gasteiger partial charge in [-0.05, 0) is 36.2 Å². The Morgan fingerprint density at radius 2 is 1.52 bits per heavy atom. The number of benzene rings is 3. The number of carbonyl (C=O) groups excluding carboxylic acids is 1. The van der Waals surface area contributed by atoms with Crippen molar-refractivity contribution in [3.05, 3.63) is 101 Å². The van der Waals surface area contributed by atoms with Crippen LogP contribution in [0.3, 0.4) is 0 Å². The summed E-state index contributed by atoms with van der Waals surface area (Å²) < 4.78 is 6.82. The lowest BCUT2D eigenvalue weighted by atomic mass is 9.95. The average Bonchev–Trinajstić information content (AvgIpc) is 2.86. The molecule has 4 rings (SSSR count). The van der Waals surface area contributed by atoms with Gasteiger partial charge in [-0.25, -0.2) is 4.68 Å². The van der Waals surface area contributed by atoms with Gasteiger partial charge in [0.2, 0.25) is 0 Å². The van der Waals surface area contributed by atoms with Gasteiger partial charge in [-0.15, -0.1) is 0 Å². The minimum atomic E-state index is -0.490. The first-order valence-electron chi connectivity index (χ1n) is 10.8. The molecule has 3 aromatic carbocycles. The smallest absolute Gasteiger partial charge is 0.280 e. The molecule has 4 aromatic rings. The zero-order valence-corrected chi connectivity index (χ0v) is 18.6. The number of hydrogen-bond donors (Lipinski definition) is 1. The van der Waals surface area contributed by atoms with Gasteiger partial charge in [0.25, 0.3) is 11.5 Å². The Morgan fingerprint density at radius 3 is 2.12 bits per heavy atom. The van der Waals surface area contributed by atoms with Gasteiger partial charge in [-0.1, -0.05) is 67.6 Å². The SMILES string of the molecule is CCCOc1ccc(NC(=O)c2c(-c3ccccc3)c(-c3ccccc3)nn(C)c2=O)cc1. The highest BCUT2D eigenvalue weighted by Crippen LogP contribution is 2.32. The number of carbonyl (C=O) groups is 1. The quantitative estimate of drug-likeness (QED) is 0.432. The molecule has 0 saturated carbocycles. The van der Waals surface area contributed by atoms with Gasteiger partial charge >= 0.3 is 0 Å². The predicted molar refractivity (Wildman–Crippen MR) is 131 cm³/mol. The fourth-order valence-corrected chi connectivity index (χ4v) is 3.58. The minimum Gasteiger partial charge on any atom is -0.494 e. The second kappa shape index (κ2) is 9.96. The molecule has 1 amide bonds. The van der Waals surface area contributed by atoms with Crippen LogP contribution in [0.25, 0.3) is 22.4 Å². The Kier molecular flexibility index (Phi) is 6.64. The zero-order chi connectivity index (χ0) is 23.2. The van der Waals surface area contributed by atoms with Crippen molar-refractivity contribution >= 4 is 11.6 Å². The molecule has 1 aromatic heterocycles. The fourth-order valence-electron chi connectivity index (χ4n) is 3.58. The highest BCUT2D eigenvalue weighted by atomic mass is 16.5. The Bertz CT molecular complexity index is 1300. The van der Waals surface area contributed by atoms with Crippen molar-refractivity contribution in [2.24, 2.45) is 7.05 Å². The fraction of sp³-hybridized carbons (Fsp3) is 0.148. The molecule has 6 nitrogen and oxygen atoms in total. The van der Waals surface area contributed by atoms with Gasteiger partial charge in [0.15, 0.2) is 0 Å². The summed E-state index contributed by atoms with van der Waals surface area (Å²) in [5.41, 5.74) is 2.79. The standard InChI is InChI=1S/C27H25N3O3/c1-3-18-33-22-16-14-21(15-17-22)28-26(31)24-23(19-10-6-4-7-11-19)25(29-30(2)27(24)32)20-12-8-5-9-13-20/h4-17H,3,18H2,1-2H3,(H,28,31). The lowest BCUT2D eigenvalue weighted by Crippen LogP contribution is -2.31. The number of anilines is 1. The number of amides is 1. The van der Waals surface area contributed by atoms with E-state index in [0.717, 1.165) is 23.3 Å². The normalized spacial score (nSPS) is 10.6. The molecule has 0 fully saturated rings. The Balaban J connectivity index is 1.81. The van der Waals surface area contributed by atoms with Gasteiger partial charge in [-0.3, -0.25) is 9.59 Å². The van der Waals surface area contributed by atoms with E-state index in [-0.39, 0.29) is 5.56 Å². The number of nitrogens with one attached hydrogen (secondary N) is 1. The first-order chi connectivity index (χ1) is 16.1. The summed E-state index contributed by atoms with van der Waals surface area (Å²) >= 11 is 0. The molecule has 166 valence electrons. The van der Waals surface area contributed by atoms with Gasteiger partial charge in [0.1, 0.15) is 11.3 Å². The van der Waals surface area contributed by atoms with Crippen molar-refractivity contribution in [1.82, 2.24) is 9.78 Å². The first kappa shape index (κ1) is 22.0. The highest BCUT2D eigenvalue weighted by Gasteiger charge is 2.24. The summed E-state index contributed by atoms with van der Waals surface area (Å²) in [5.74, 6) is 0.238. The molecule has 0 bridgehead atoms. The van der Waals surface area contributed by atoms with Crippen LogP contribution in [-0.2, 0) is 7.05 Å². The second-order valence-electron chi connectivity index (χ2n) is 7.59. The molecule has 1 N–H and O–H groups in total. The van der Waals surface area contributed by atoms with Crippen LogP contribution in [0.15, 0.2) is 89.7 Å². The summed E-state index contributed by atoms with van der Waals surface area (Å²) in [6, 6.07) is 26.0. The highest BCUT2D eigenvalue weighted by molar-refractivity contribution is 6.10. The van der Waals surface area contributed by atoms with Crippen molar-refractivity contribution in [3.63, 3.8) is 0 Å². The van der Waals surface area contributed by atoms with Crippen molar-refractivity contribution < 1.29 is 9.53 Å². The molecule has 0 atom stereocenters. The van der Waals surface area contributed by atoms with Crippen LogP contribution in [-0.4, -0.2) is 22.3 Å². The monoisotopic (exact) mass is 439 g/mol. The molecule has 0 spiro atoms. The van der Waals surface area contributed by atoms with Gasteiger partial charge in [0, 0.05) is 23.9 Å². The van der Waals surface area contributed by atoms with Crippen molar-refractivity contribution in [1.29, 1.82) is 0 Å². The van der Waals surface area contributed by atoms with E-state index in [9.17, 15) is 9.59 Å². The Morgan fingerprint density at radius 1 is 0.909 bits per heavy atom. The summed E-state index contributed by atoms with van der Waals surface area (Å²) in [6.45, 7) is 2.67. The van der Waals surface area contributed by atoms with Crippen LogP contribution < -0.4 is 15.6 Å². The predicted octanol–water partition coefficient (Wildman–Crippen LogP) is 5.16. The van der Waals surface area contributed by atoms with Crippen LogP contribution in [0.5, 0.6) is 5.75 Å². The summed E-state index contributed by atoms with van der Waals surface area (Å²) in [4.78, 5) is 26.6. The van der Waals surface area contributed by atoms with Crippen molar-refractivity contribution in [2.45, 2.75) is 13.3 Å². The topological polar surface area (TPSA) is 73.2 Å². The van der Waals surface area contributed by atoms with Crippen LogP contribution in [0, 0.1) is 0 Å². The van der Waals surface area contributed by atoms with Crippen LogP contribution >= 0.6 is 0 Å². The second-order valence-corrected chi connectivity index (χ2v) is 7.59. The third kappa shape index (κ3) is 4.85. The van der Waals surface area contributed by atoms with E-state index in [1.54, 1.807) is 31.3 Å². The number of nitrogens with zero attached hydrogens (tertiary/aromatic N) is 2. The van der Waals surface area contributed by atoms with E-state index < -0.39 is 11.5 Å². The molecule has 33 heavy (non-hydrogen) atoms. The largest absolute Gasteiger partial charge is 0.494 e. The maximum absolute atomic E-state index is 13.4. The van der Waals surface area contributed by atoms with E-state index in [1.165, 1.54) is 4.68 Å². The van der Waals surface area contributed by atoms with Gasteiger partial charge in [0.05, 0.1) is 12.3 Å². The average molecular weight is 440 g/mol. The molecule has 0 aliphatic carbocycles. The van der Waals surface area contributed by atoms with E-state index in [0.29, 0.717) is 23.6 Å². The number of ether oxygens (including phenoxy) is 1. The van der Waals surface area contributed by atoms with E-state index in [1.807, 2.05) is 67.6 Å². The van der Waals surface area contributed by atoms with Gasteiger partial charge < -0.3 is 10.1 Å². The summed E-state index contributed by atoms with van der Waals surface area (Å²) in [7, 11) is 1.56. The van der Waals surface area contributed by atoms with Gasteiger partial charge in [-0.2, -0.15) is 5.10 Å². The van der Waals surface area contributed by atoms with Crippen LogP contribution in [0.1, 0.15) is 23.7 Å². The number of hydrogen-bond acceptors (Lipinski definition) is 4. The Hall–Kier alpha value is -4.19. The molecule has 0 aliphatic rings. The minimum absolute atomic E-state index is 0.0452. The molecule has 6 heteroatoms. The maximum Gasteiger partial charge on any atom is 0.280 e. The maximum atomic E-state index is 13.4. The molecule has 0 saturated heterocycles. The molecule has 0 radical (unpaired) electrons. The third-order valence-electron chi connectivity index (χ3n) is 5.17. The number of aromatic nitrogens is 2. The van der Waals surface area contributed by atoms with E-state index in [2.05, 4.69) is 10.4 Å². The molecule has 1 heterocycles. The Labute approximate surface area is 192 Å². The summed E-state index contributed by atoms with van der Waals surface area (Å²) in [5, 5.41) is 7.38. The molecular weight excluding hydrogens is 414 g/mol. The van der Waals surface area contributed by atoms with E-state index >= 15 is 0 Å². The first-order valence-corrected chi connectivity index (χ1v) is 10.8. The lowest BCUT2D eigenvalue weighted by molar-refractivity contribution is 0.102. The molecular formula is C27H25N3O3. The number of rotatable bonds is 7. The van der Waals surface area contributed by atoms with E-state index in [4.69, 9.17) is 4.74 Å². The summed E-state index contributed by atoms with van der Waals surface area (Å²) in [6.07, 6.45) is 0.913. The lowest BCUT2D eigenvalue weighted by Gasteiger charge is -2.16. The van der Waals surface area contributed by atoms with Crippen LogP contribution in [0.2, 0.25) is 0 Å². The number of aryl methyl sites for hydroxylation is 1. The molecule has 0 unspecified atom stereocenters. The van der Waals surface area contributed by atoms with Crippen molar-refractivity contribution in [3.8, 4) is 28.1 Å².